The number of nitrogens with one attached hydrogen (secondary N) is 1. The molecule has 10 heteroatoms. The van der Waals surface area contributed by atoms with E-state index < -0.39 is 30.2 Å². The van der Waals surface area contributed by atoms with Gasteiger partial charge in [0.2, 0.25) is 5.72 Å². The molecule has 5 rings (SSSR count). The Morgan fingerprint density at radius 2 is 1.74 bits per heavy atom. The number of nitrogens with zero attached hydrogens (tertiary/aromatic N) is 4. The number of aliphatic hydroxyl groups is 1. The van der Waals surface area contributed by atoms with E-state index >= 15 is 0 Å². The van der Waals surface area contributed by atoms with Gasteiger partial charge in [-0.25, -0.2) is 14.6 Å². The fraction of sp³-hybridized carbons (Fsp3) is 0.485. The smallest absolute Gasteiger partial charge is 0.203 e. The van der Waals surface area contributed by atoms with E-state index in [0.29, 0.717) is 12.3 Å². The van der Waals surface area contributed by atoms with E-state index in [1.807, 2.05) is 80.2 Å². The highest BCUT2D eigenvalue weighted by molar-refractivity contribution is 7.90. The molecule has 1 aliphatic carbocycles. The second-order valence-electron chi connectivity index (χ2n) is 14.2. The highest BCUT2D eigenvalue weighted by Gasteiger charge is 2.48. The Hall–Kier alpha value is -2.60. The quantitative estimate of drug-likeness (QED) is 0.118. The SMILES string of the molecule is CC(C)(C)[S@@+]([O-])NC(O)(c1cccc(-c2ccc3cnn(-c4cccc(CO[Si](C)(C)C(C)(C)C)n4)c3c2)n1)C1CCC1. The summed E-state index contributed by atoms with van der Waals surface area (Å²) in [6.07, 6.45) is 4.59. The molecule has 0 spiro atoms. The second-order valence-corrected chi connectivity index (χ2v) is 20.9. The second kappa shape index (κ2) is 11.7. The molecule has 4 aromatic rings. The predicted molar refractivity (Wildman–Crippen MR) is 176 cm³/mol. The van der Waals surface area contributed by atoms with Gasteiger partial charge in [-0.2, -0.15) is 5.10 Å². The number of hydrogen-bond donors (Lipinski definition) is 2. The first kappa shape index (κ1) is 31.8. The third-order valence-corrected chi connectivity index (χ3v) is 15.0. The standard InChI is InChI=1S/C33H45N5O3SSi/c1-31(2,3)42(40)37-33(39,25-12-9-13-25)29-16-11-15-27(36-29)23-18-19-24-21-34-38(28(24)20-23)30-17-10-14-26(35-30)22-41-43(7,8)32(4,5)6/h10-11,14-21,25,37,39H,9,12-13,22H2,1-8H3/t33?,42-/m1/s1. The van der Waals surface area contributed by atoms with Crippen molar-refractivity contribution in [2.75, 3.05) is 0 Å². The average molecular weight is 620 g/mol. The van der Waals surface area contributed by atoms with Crippen molar-refractivity contribution < 1.29 is 14.1 Å². The van der Waals surface area contributed by atoms with Crippen molar-refractivity contribution >= 4 is 30.6 Å². The lowest BCUT2D eigenvalue weighted by Crippen LogP contribution is -2.57. The van der Waals surface area contributed by atoms with Crippen LogP contribution in [0.15, 0.2) is 60.8 Å². The molecule has 0 amide bonds. The van der Waals surface area contributed by atoms with Crippen molar-refractivity contribution in [2.24, 2.45) is 5.92 Å². The Morgan fingerprint density at radius 3 is 2.40 bits per heavy atom. The zero-order valence-electron chi connectivity index (χ0n) is 26.6. The predicted octanol–water partition coefficient (Wildman–Crippen LogP) is 7.00. The van der Waals surface area contributed by atoms with Crippen LogP contribution in [0.2, 0.25) is 18.1 Å². The Bertz CT molecular complexity index is 1590. The molecular weight excluding hydrogens is 575 g/mol. The molecule has 1 aromatic carbocycles. The van der Waals surface area contributed by atoms with Crippen molar-refractivity contribution in [1.29, 1.82) is 0 Å². The molecule has 0 radical (unpaired) electrons. The summed E-state index contributed by atoms with van der Waals surface area (Å²) in [5.74, 6) is 0.669. The maximum Gasteiger partial charge on any atom is 0.203 e. The van der Waals surface area contributed by atoms with Crippen LogP contribution in [0.4, 0.5) is 0 Å². The molecule has 2 N–H and O–H groups in total. The van der Waals surface area contributed by atoms with Crippen LogP contribution in [-0.4, -0.2) is 42.5 Å². The molecule has 3 aromatic heterocycles. The number of pyridine rings is 2. The minimum atomic E-state index is -1.91. The highest BCUT2D eigenvalue weighted by atomic mass is 32.2. The van der Waals surface area contributed by atoms with E-state index in [1.54, 1.807) is 0 Å². The van der Waals surface area contributed by atoms with Crippen LogP contribution in [-0.2, 0) is 28.1 Å². The van der Waals surface area contributed by atoms with Gasteiger partial charge in [0.05, 0.1) is 35.4 Å². The van der Waals surface area contributed by atoms with Gasteiger partial charge >= 0.3 is 0 Å². The molecule has 1 saturated carbocycles. The molecule has 1 fully saturated rings. The first-order valence-corrected chi connectivity index (χ1v) is 19.1. The van der Waals surface area contributed by atoms with Crippen LogP contribution < -0.4 is 4.72 Å². The summed E-state index contributed by atoms with van der Waals surface area (Å²) in [7, 11) is -1.91. The molecule has 1 unspecified atom stereocenters. The van der Waals surface area contributed by atoms with E-state index in [1.165, 1.54) is 0 Å². The van der Waals surface area contributed by atoms with Gasteiger partial charge in [0.25, 0.3) is 0 Å². The Labute approximate surface area is 259 Å². The Balaban J connectivity index is 1.46. The lowest BCUT2D eigenvalue weighted by atomic mass is 9.76. The molecule has 2 atom stereocenters. The van der Waals surface area contributed by atoms with Crippen molar-refractivity contribution in [3.8, 4) is 17.1 Å². The number of hydrogen-bond acceptors (Lipinski definition) is 7. The summed E-state index contributed by atoms with van der Waals surface area (Å²) in [5.41, 5.74) is 2.39. The summed E-state index contributed by atoms with van der Waals surface area (Å²) in [5, 5.41) is 17.7. The Kier molecular flexibility index (Phi) is 8.67. The van der Waals surface area contributed by atoms with Gasteiger partial charge in [-0.15, -0.1) is 4.72 Å². The molecule has 3 heterocycles. The van der Waals surface area contributed by atoms with Gasteiger partial charge in [0, 0.05) is 28.2 Å². The summed E-state index contributed by atoms with van der Waals surface area (Å²) in [6, 6.07) is 17.7. The van der Waals surface area contributed by atoms with Gasteiger partial charge in [-0.05, 0) is 82.1 Å². The summed E-state index contributed by atoms with van der Waals surface area (Å²) >= 11 is -1.46. The van der Waals surface area contributed by atoms with Crippen LogP contribution in [0.3, 0.4) is 0 Å². The molecular formula is C33H45N5O3SSi. The van der Waals surface area contributed by atoms with Crippen molar-refractivity contribution in [2.45, 2.75) is 96.0 Å². The monoisotopic (exact) mass is 619 g/mol. The van der Waals surface area contributed by atoms with Gasteiger partial charge in [0.1, 0.15) is 4.75 Å². The minimum absolute atomic E-state index is 0.0515. The van der Waals surface area contributed by atoms with Crippen LogP contribution in [0.25, 0.3) is 28.0 Å². The van der Waals surface area contributed by atoms with Crippen LogP contribution >= 0.6 is 0 Å². The third-order valence-electron chi connectivity index (χ3n) is 8.90. The zero-order valence-corrected chi connectivity index (χ0v) is 28.5. The lowest BCUT2D eigenvalue weighted by Gasteiger charge is -2.42. The lowest BCUT2D eigenvalue weighted by molar-refractivity contribution is -0.0700. The third kappa shape index (κ3) is 6.60. The highest BCUT2D eigenvalue weighted by Crippen LogP contribution is 2.42. The largest absolute Gasteiger partial charge is 0.598 e. The number of fused-ring (bicyclic) bond motifs is 1. The molecule has 230 valence electrons. The molecule has 0 aliphatic heterocycles. The van der Waals surface area contributed by atoms with E-state index in [-0.39, 0.29) is 11.0 Å². The fourth-order valence-corrected chi connectivity index (χ4v) is 6.57. The van der Waals surface area contributed by atoms with E-state index in [9.17, 15) is 9.66 Å². The molecule has 43 heavy (non-hydrogen) atoms. The number of aromatic nitrogens is 4. The van der Waals surface area contributed by atoms with Crippen LogP contribution in [0.5, 0.6) is 0 Å². The van der Waals surface area contributed by atoms with Crippen molar-refractivity contribution in [1.82, 2.24) is 24.5 Å². The molecule has 0 saturated heterocycles. The summed E-state index contributed by atoms with van der Waals surface area (Å²) < 4.78 is 23.9. The topological polar surface area (TPSA) is 108 Å². The van der Waals surface area contributed by atoms with E-state index in [2.05, 4.69) is 49.8 Å². The normalized spacial score (nSPS) is 17.1. The molecule has 8 nitrogen and oxygen atoms in total. The van der Waals surface area contributed by atoms with Crippen molar-refractivity contribution in [3.63, 3.8) is 0 Å². The van der Waals surface area contributed by atoms with Crippen LogP contribution in [0.1, 0.15) is 72.2 Å². The first-order valence-electron chi connectivity index (χ1n) is 15.1. The van der Waals surface area contributed by atoms with Gasteiger partial charge < -0.3 is 14.1 Å². The Morgan fingerprint density at radius 1 is 1.02 bits per heavy atom. The van der Waals surface area contributed by atoms with E-state index in [4.69, 9.17) is 14.4 Å². The van der Waals surface area contributed by atoms with E-state index in [0.717, 1.165) is 52.9 Å². The minimum Gasteiger partial charge on any atom is -0.598 e. The van der Waals surface area contributed by atoms with Crippen LogP contribution in [0, 0.1) is 5.92 Å². The number of rotatable bonds is 9. The average Bonchev–Trinajstić information content (AvgIpc) is 3.33. The summed E-state index contributed by atoms with van der Waals surface area (Å²) in [4.78, 5) is 9.82. The summed E-state index contributed by atoms with van der Waals surface area (Å²) in [6.45, 7) is 17.3. The van der Waals surface area contributed by atoms with Gasteiger partial charge in [-0.1, -0.05) is 51.5 Å². The first-order chi connectivity index (χ1) is 20.1. The van der Waals surface area contributed by atoms with Gasteiger partial charge in [-0.3, -0.25) is 0 Å². The maximum absolute atomic E-state index is 13.1. The molecule has 1 aliphatic rings. The maximum atomic E-state index is 13.1. The van der Waals surface area contributed by atoms with Crippen molar-refractivity contribution in [3.05, 3.63) is 72.2 Å². The van der Waals surface area contributed by atoms with Gasteiger partial charge in [0.15, 0.2) is 14.1 Å². The molecule has 0 bridgehead atoms. The zero-order chi connectivity index (χ0) is 31.2. The fourth-order valence-electron chi connectivity index (χ4n) is 4.77. The number of benzene rings is 1.